The predicted molar refractivity (Wildman–Crippen MR) is 76.9 cm³/mol. The molecule has 0 unspecified atom stereocenters. The fourth-order valence-corrected chi connectivity index (χ4v) is 2.55. The molecular weight excluding hydrogens is 256 g/mol. The topological polar surface area (TPSA) is 72.8 Å². The van der Waals surface area contributed by atoms with Crippen molar-refractivity contribution in [3.8, 4) is 11.5 Å². The van der Waals surface area contributed by atoms with E-state index in [9.17, 15) is 15.0 Å². The molecule has 3 N–H and O–H groups in total. The van der Waals surface area contributed by atoms with Crippen molar-refractivity contribution in [3.63, 3.8) is 0 Å². The quantitative estimate of drug-likeness (QED) is 0.731. The number of nitrogens with one attached hydrogen (secondary N) is 1. The molecule has 1 aliphatic heterocycles. The fourth-order valence-electron chi connectivity index (χ4n) is 2.55. The first kappa shape index (κ1) is 14.7. The number of likely N-dealkylation sites (tertiary alicyclic amines) is 1. The molecule has 1 amide bonds. The molecular formula is C15H22N2O3. The average Bonchev–Trinajstić information content (AvgIpc) is 2.48. The molecule has 5 heteroatoms. The molecule has 1 aliphatic rings. The smallest absolute Gasteiger partial charge is 0.255 e. The summed E-state index contributed by atoms with van der Waals surface area (Å²) in [5.41, 5.74) is 0.121. The van der Waals surface area contributed by atoms with Crippen molar-refractivity contribution in [1.82, 2.24) is 10.2 Å². The number of phenolic OH excluding ortho intramolecular Hbond substituents is 2. The van der Waals surface area contributed by atoms with E-state index in [1.165, 1.54) is 12.1 Å². The minimum Gasteiger partial charge on any atom is -0.504 e. The van der Waals surface area contributed by atoms with Crippen LogP contribution in [-0.4, -0.2) is 47.2 Å². The van der Waals surface area contributed by atoms with Gasteiger partial charge in [0.1, 0.15) is 0 Å². The van der Waals surface area contributed by atoms with Crippen molar-refractivity contribution in [1.29, 1.82) is 0 Å². The summed E-state index contributed by atoms with van der Waals surface area (Å²) in [6.45, 7) is 6.01. The van der Waals surface area contributed by atoms with E-state index >= 15 is 0 Å². The van der Waals surface area contributed by atoms with Gasteiger partial charge in [-0.3, -0.25) is 4.79 Å². The number of benzene rings is 1. The lowest BCUT2D eigenvalue weighted by molar-refractivity contribution is 0.0933. The largest absolute Gasteiger partial charge is 0.504 e. The Bertz CT molecular complexity index is 468. The predicted octanol–water partition coefficient (Wildman–Crippen LogP) is 1.56. The highest BCUT2D eigenvalue weighted by Gasteiger charge is 2.20. The van der Waals surface area contributed by atoms with Gasteiger partial charge in [0.15, 0.2) is 11.5 Å². The van der Waals surface area contributed by atoms with Gasteiger partial charge in [-0.05, 0) is 50.5 Å². The molecule has 110 valence electrons. The monoisotopic (exact) mass is 278 g/mol. The Kier molecular flexibility index (Phi) is 4.84. The van der Waals surface area contributed by atoms with Gasteiger partial charge in [0.25, 0.3) is 5.91 Å². The summed E-state index contributed by atoms with van der Waals surface area (Å²) in [6, 6.07) is 4.40. The molecule has 0 saturated carbocycles. The van der Waals surface area contributed by atoms with Crippen LogP contribution >= 0.6 is 0 Å². The maximum Gasteiger partial charge on any atom is 0.255 e. The molecule has 20 heavy (non-hydrogen) atoms. The first-order valence-corrected chi connectivity index (χ1v) is 7.13. The Hall–Kier alpha value is -1.75. The second-order valence-electron chi connectivity index (χ2n) is 5.26. The van der Waals surface area contributed by atoms with Crippen LogP contribution in [-0.2, 0) is 0 Å². The van der Waals surface area contributed by atoms with Crippen LogP contribution in [0.3, 0.4) is 0 Å². The van der Waals surface area contributed by atoms with Gasteiger partial charge in [-0.15, -0.1) is 0 Å². The normalized spacial score (nSPS) is 17.1. The number of rotatable bonds is 4. The Morgan fingerprint density at radius 3 is 2.70 bits per heavy atom. The first-order valence-electron chi connectivity index (χ1n) is 7.13. The average molecular weight is 278 g/mol. The second kappa shape index (κ2) is 6.61. The number of phenols is 2. The van der Waals surface area contributed by atoms with E-state index in [4.69, 9.17) is 0 Å². The van der Waals surface area contributed by atoms with E-state index in [2.05, 4.69) is 17.1 Å². The maximum atomic E-state index is 12.0. The van der Waals surface area contributed by atoms with Crippen LogP contribution in [0.15, 0.2) is 18.2 Å². The summed E-state index contributed by atoms with van der Waals surface area (Å²) in [5.74, 6) is -0.475. The molecule has 0 aliphatic carbocycles. The minimum atomic E-state index is -0.356. The van der Waals surface area contributed by atoms with E-state index in [0.717, 1.165) is 32.5 Å². The number of nitrogens with zero attached hydrogens (tertiary/aromatic N) is 1. The molecule has 0 spiro atoms. The highest BCUT2D eigenvalue weighted by atomic mass is 16.3. The lowest BCUT2D eigenvalue weighted by atomic mass is 9.96. The maximum absolute atomic E-state index is 12.0. The second-order valence-corrected chi connectivity index (χ2v) is 5.26. The van der Waals surface area contributed by atoms with E-state index in [1.807, 2.05) is 0 Å². The number of hydrogen-bond acceptors (Lipinski definition) is 4. The first-order chi connectivity index (χ1) is 9.61. The van der Waals surface area contributed by atoms with Crippen molar-refractivity contribution >= 4 is 5.91 Å². The van der Waals surface area contributed by atoms with Gasteiger partial charge in [-0.25, -0.2) is 0 Å². The molecule has 2 rings (SSSR count). The number of piperidine rings is 1. The summed E-state index contributed by atoms with van der Waals surface area (Å²) >= 11 is 0. The van der Waals surface area contributed by atoms with Crippen molar-refractivity contribution in [3.05, 3.63) is 23.8 Å². The van der Waals surface area contributed by atoms with Gasteiger partial charge in [0.05, 0.1) is 5.56 Å². The summed E-state index contributed by atoms with van der Waals surface area (Å²) < 4.78 is 0. The van der Waals surface area contributed by atoms with Gasteiger partial charge in [0.2, 0.25) is 0 Å². The van der Waals surface area contributed by atoms with Crippen LogP contribution in [0.5, 0.6) is 11.5 Å². The van der Waals surface area contributed by atoms with Crippen molar-refractivity contribution in [2.24, 2.45) is 5.92 Å². The van der Waals surface area contributed by atoms with Crippen molar-refractivity contribution in [2.75, 3.05) is 26.2 Å². The number of aromatic hydroxyl groups is 2. The fraction of sp³-hybridized carbons (Fsp3) is 0.533. The third kappa shape index (κ3) is 3.42. The lowest BCUT2D eigenvalue weighted by Crippen LogP contribution is -2.38. The third-order valence-electron chi connectivity index (χ3n) is 3.97. The van der Waals surface area contributed by atoms with Crippen LogP contribution in [0.25, 0.3) is 0 Å². The molecule has 0 radical (unpaired) electrons. The Morgan fingerprint density at radius 1 is 1.35 bits per heavy atom. The van der Waals surface area contributed by atoms with Crippen molar-refractivity contribution in [2.45, 2.75) is 19.8 Å². The molecule has 0 bridgehead atoms. The molecule has 1 saturated heterocycles. The van der Waals surface area contributed by atoms with Gasteiger partial charge in [-0.2, -0.15) is 0 Å². The Labute approximate surface area is 119 Å². The van der Waals surface area contributed by atoms with Crippen LogP contribution in [0, 0.1) is 5.92 Å². The number of para-hydroxylation sites is 1. The Balaban J connectivity index is 1.85. The van der Waals surface area contributed by atoms with E-state index in [0.29, 0.717) is 12.5 Å². The zero-order valence-electron chi connectivity index (χ0n) is 11.8. The molecule has 1 fully saturated rings. The summed E-state index contributed by atoms with van der Waals surface area (Å²) in [7, 11) is 0. The summed E-state index contributed by atoms with van der Waals surface area (Å²) in [6.07, 6.45) is 2.17. The number of hydrogen-bond donors (Lipinski definition) is 3. The van der Waals surface area contributed by atoms with Crippen LogP contribution in [0.4, 0.5) is 0 Å². The Morgan fingerprint density at radius 2 is 2.05 bits per heavy atom. The van der Waals surface area contributed by atoms with Crippen LogP contribution in [0.2, 0.25) is 0 Å². The number of carbonyl (C=O) groups excluding carboxylic acids is 1. The van der Waals surface area contributed by atoms with E-state index in [-0.39, 0.29) is 23.0 Å². The molecule has 0 atom stereocenters. The van der Waals surface area contributed by atoms with Gasteiger partial charge in [-0.1, -0.05) is 13.0 Å². The third-order valence-corrected chi connectivity index (χ3v) is 3.97. The zero-order valence-corrected chi connectivity index (χ0v) is 11.8. The molecule has 0 aromatic heterocycles. The molecule has 1 aromatic carbocycles. The van der Waals surface area contributed by atoms with Gasteiger partial charge < -0.3 is 20.4 Å². The standard InChI is InChI=1S/C15H22N2O3/c1-2-17-8-6-11(7-9-17)10-16-15(20)12-4-3-5-13(18)14(12)19/h3-5,11,18-19H,2,6-10H2,1H3,(H,16,20). The summed E-state index contributed by atoms with van der Waals surface area (Å²) in [5, 5.41) is 21.9. The summed E-state index contributed by atoms with van der Waals surface area (Å²) in [4.78, 5) is 14.4. The minimum absolute atomic E-state index is 0.121. The number of amides is 1. The van der Waals surface area contributed by atoms with E-state index in [1.54, 1.807) is 6.07 Å². The number of carbonyl (C=O) groups is 1. The van der Waals surface area contributed by atoms with Gasteiger partial charge >= 0.3 is 0 Å². The highest BCUT2D eigenvalue weighted by molar-refractivity contribution is 5.97. The lowest BCUT2D eigenvalue weighted by Gasteiger charge is -2.31. The van der Waals surface area contributed by atoms with Crippen molar-refractivity contribution < 1.29 is 15.0 Å². The molecule has 1 aromatic rings. The van der Waals surface area contributed by atoms with Crippen LogP contribution < -0.4 is 5.32 Å². The molecule has 5 nitrogen and oxygen atoms in total. The molecule has 1 heterocycles. The SMILES string of the molecule is CCN1CCC(CNC(=O)c2cccc(O)c2O)CC1. The highest BCUT2D eigenvalue weighted by Crippen LogP contribution is 2.28. The van der Waals surface area contributed by atoms with Crippen LogP contribution in [0.1, 0.15) is 30.1 Å². The van der Waals surface area contributed by atoms with E-state index < -0.39 is 0 Å². The zero-order chi connectivity index (χ0) is 14.5. The van der Waals surface area contributed by atoms with Gasteiger partial charge in [0, 0.05) is 6.54 Å².